The molecule has 2 atom stereocenters. The Balaban J connectivity index is 1.59. The van der Waals surface area contributed by atoms with Crippen LogP contribution in [0.25, 0.3) is 0 Å². The first kappa shape index (κ1) is 16.4. The van der Waals surface area contributed by atoms with Gasteiger partial charge in [0.2, 0.25) is 5.89 Å². The van der Waals surface area contributed by atoms with Gasteiger partial charge in [-0.05, 0) is 19.4 Å². The van der Waals surface area contributed by atoms with Crippen LogP contribution in [0.15, 0.2) is 34.9 Å². The molecule has 3 rings (SSSR count). The molecule has 0 saturated carbocycles. The third-order valence-electron chi connectivity index (χ3n) is 4.04. The Kier molecular flexibility index (Phi) is 5.10. The van der Waals surface area contributed by atoms with E-state index in [1.807, 2.05) is 44.2 Å². The van der Waals surface area contributed by atoms with Crippen molar-refractivity contribution < 1.29 is 14.1 Å². The van der Waals surface area contributed by atoms with E-state index >= 15 is 0 Å². The molecule has 1 aromatic heterocycles. The maximum absolute atomic E-state index is 12.4. The lowest BCUT2D eigenvalue weighted by Gasteiger charge is -2.33. The highest BCUT2D eigenvalue weighted by Gasteiger charge is 2.26. The number of carbonyl (C=O) groups excluding carboxylic acids is 1. The van der Waals surface area contributed by atoms with Crippen LogP contribution in [-0.4, -0.2) is 46.9 Å². The number of benzene rings is 1. The minimum atomic E-state index is -0.319. The van der Waals surface area contributed by atoms with Crippen LogP contribution >= 0.6 is 0 Å². The van der Waals surface area contributed by atoms with Crippen LogP contribution in [0, 0.1) is 0 Å². The molecule has 0 radical (unpaired) electrons. The summed E-state index contributed by atoms with van der Waals surface area (Å²) in [6.45, 7) is 5.53. The van der Waals surface area contributed by atoms with E-state index in [1.165, 1.54) is 0 Å². The topological polar surface area (TPSA) is 80.5 Å². The number of carbonyl (C=O) groups is 1. The highest BCUT2D eigenvalue weighted by Crippen LogP contribution is 2.13. The van der Waals surface area contributed by atoms with Crippen LogP contribution in [0.3, 0.4) is 0 Å². The van der Waals surface area contributed by atoms with Crippen LogP contribution in [0.2, 0.25) is 0 Å². The van der Waals surface area contributed by atoms with Crippen molar-refractivity contribution in [2.75, 3.05) is 19.8 Å². The van der Waals surface area contributed by atoms with Crippen LogP contribution in [0.1, 0.15) is 37.2 Å². The number of aromatic nitrogens is 2. The Bertz CT molecular complexity index is 673. The number of ether oxygens (including phenoxy) is 1. The van der Waals surface area contributed by atoms with E-state index in [0.29, 0.717) is 37.9 Å². The number of nitrogens with one attached hydrogen (secondary N) is 1. The number of hydrogen-bond acceptors (Lipinski definition) is 5. The highest BCUT2D eigenvalue weighted by atomic mass is 16.5. The Labute approximate surface area is 141 Å². The molecular weight excluding hydrogens is 308 g/mol. The average Bonchev–Trinajstić information content (AvgIpc) is 3.04. The molecule has 7 nitrogen and oxygen atoms in total. The minimum Gasteiger partial charge on any atom is -0.377 e. The largest absolute Gasteiger partial charge is 0.377 e. The number of urea groups is 1. The van der Waals surface area contributed by atoms with Crippen molar-refractivity contribution in [3.8, 4) is 0 Å². The lowest BCUT2D eigenvalue weighted by molar-refractivity contribution is 0.0184. The van der Waals surface area contributed by atoms with Gasteiger partial charge in [0.05, 0.1) is 31.7 Å². The fourth-order valence-corrected chi connectivity index (χ4v) is 2.65. The fraction of sp³-hybridized carbons (Fsp3) is 0.471. The summed E-state index contributed by atoms with van der Waals surface area (Å²) in [6.07, 6.45) is 0.578. The van der Waals surface area contributed by atoms with Crippen molar-refractivity contribution >= 4 is 6.03 Å². The lowest BCUT2D eigenvalue weighted by atomic mass is 10.1. The number of nitrogens with zero attached hydrogens (tertiary/aromatic N) is 3. The molecule has 24 heavy (non-hydrogen) atoms. The summed E-state index contributed by atoms with van der Waals surface area (Å²) in [5, 5.41) is 6.91. The van der Waals surface area contributed by atoms with Gasteiger partial charge in [-0.25, -0.2) is 4.79 Å². The van der Waals surface area contributed by atoms with Gasteiger partial charge < -0.3 is 19.5 Å². The zero-order valence-electron chi connectivity index (χ0n) is 13.9. The monoisotopic (exact) mass is 330 g/mol. The summed E-state index contributed by atoms with van der Waals surface area (Å²) in [5.41, 5.74) is 1.10. The quantitative estimate of drug-likeness (QED) is 0.929. The van der Waals surface area contributed by atoms with Crippen molar-refractivity contribution in [1.82, 2.24) is 20.4 Å². The van der Waals surface area contributed by atoms with E-state index in [0.717, 1.165) is 5.56 Å². The normalized spacial score (nSPS) is 19.1. The van der Waals surface area contributed by atoms with Crippen molar-refractivity contribution in [2.24, 2.45) is 0 Å². The molecule has 0 aliphatic carbocycles. The van der Waals surface area contributed by atoms with Gasteiger partial charge in [0.25, 0.3) is 0 Å². The molecule has 1 fully saturated rings. The predicted molar refractivity (Wildman–Crippen MR) is 87.5 cm³/mol. The summed E-state index contributed by atoms with van der Waals surface area (Å²) in [7, 11) is 0. The van der Waals surface area contributed by atoms with Crippen LogP contribution in [0.5, 0.6) is 0 Å². The van der Waals surface area contributed by atoms with E-state index in [2.05, 4.69) is 15.5 Å². The molecule has 0 spiro atoms. The van der Waals surface area contributed by atoms with Gasteiger partial charge in [-0.2, -0.15) is 4.98 Å². The number of amides is 2. The zero-order valence-corrected chi connectivity index (χ0v) is 13.9. The third-order valence-corrected chi connectivity index (χ3v) is 4.04. The maximum Gasteiger partial charge on any atom is 0.318 e. The van der Waals surface area contributed by atoms with Crippen molar-refractivity contribution in [3.05, 3.63) is 47.6 Å². The van der Waals surface area contributed by atoms with Crippen LogP contribution in [-0.2, 0) is 11.2 Å². The Morgan fingerprint density at radius 2 is 2.21 bits per heavy atom. The first-order valence-corrected chi connectivity index (χ1v) is 8.15. The first-order chi connectivity index (χ1) is 11.6. The van der Waals surface area contributed by atoms with Crippen LogP contribution in [0.4, 0.5) is 4.79 Å². The fourth-order valence-electron chi connectivity index (χ4n) is 2.65. The van der Waals surface area contributed by atoms with E-state index in [1.54, 1.807) is 4.90 Å². The minimum absolute atomic E-state index is 0.0601. The second-order valence-corrected chi connectivity index (χ2v) is 6.00. The highest BCUT2D eigenvalue weighted by molar-refractivity contribution is 5.75. The Morgan fingerprint density at radius 1 is 1.42 bits per heavy atom. The van der Waals surface area contributed by atoms with Gasteiger partial charge in [0, 0.05) is 6.54 Å². The number of hydrogen-bond donors (Lipinski definition) is 1. The number of rotatable bonds is 4. The van der Waals surface area contributed by atoms with E-state index in [-0.39, 0.29) is 18.1 Å². The van der Waals surface area contributed by atoms with E-state index in [9.17, 15) is 4.79 Å². The summed E-state index contributed by atoms with van der Waals surface area (Å²) in [6, 6.07) is 9.53. The molecule has 7 heteroatoms. The predicted octanol–water partition coefficient (Wildman–Crippen LogP) is 2.15. The first-order valence-electron chi connectivity index (χ1n) is 8.15. The SMILES string of the molecule is C[C@@H]1COCCN1C(=O)N[C@H](C)c1noc(Cc2ccccc2)n1. The number of morpholine rings is 1. The van der Waals surface area contributed by atoms with Gasteiger partial charge in [-0.3, -0.25) is 0 Å². The smallest absolute Gasteiger partial charge is 0.318 e. The standard InChI is InChI=1S/C17H22N4O3/c1-12-11-23-9-8-21(12)17(22)18-13(2)16-19-15(24-20-16)10-14-6-4-3-5-7-14/h3-7,12-13H,8-11H2,1-2H3,(H,18,22)/t12-,13-/m1/s1. The van der Waals surface area contributed by atoms with Gasteiger partial charge in [0.1, 0.15) is 0 Å². The molecule has 2 heterocycles. The van der Waals surface area contributed by atoms with E-state index in [4.69, 9.17) is 9.26 Å². The lowest BCUT2D eigenvalue weighted by Crippen LogP contribution is -2.51. The average molecular weight is 330 g/mol. The molecule has 0 unspecified atom stereocenters. The van der Waals surface area contributed by atoms with Crippen molar-refractivity contribution in [2.45, 2.75) is 32.4 Å². The molecule has 2 amide bonds. The summed E-state index contributed by atoms with van der Waals surface area (Å²) >= 11 is 0. The van der Waals surface area contributed by atoms with E-state index < -0.39 is 0 Å². The molecule has 1 saturated heterocycles. The molecule has 2 aromatic rings. The second kappa shape index (κ2) is 7.44. The summed E-state index contributed by atoms with van der Waals surface area (Å²) in [5.74, 6) is 1.02. The molecule has 0 bridgehead atoms. The Morgan fingerprint density at radius 3 is 2.96 bits per heavy atom. The molecule has 1 aliphatic heterocycles. The Hall–Kier alpha value is -2.41. The molecule has 128 valence electrons. The summed E-state index contributed by atoms with van der Waals surface area (Å²) in [4.78, 5) is 18.5. The summed E-state index contributed by atoms with van der Waals surface area (Å²) < 4.78 is 10.6. The van der Waals surface area contributed by atoms with Gasteiger partial charge in [-0.15, -0.1) is 0 Å². The molecule has 1 aliphatic rings. The molecule has 1 N–H and O–H groups in total. The van der Waals surface area contributed by atoms with Crippen LogP contribution < -0.4 is 5.32 Å². The van der Waals surface area contributed by atoms with Gasteiger partial charge in [-0.1, -0.05) is 35.5 Å². The van der Waals surface area contributed by atoms with Crippen molar-refractivity contribution in [3.63, 3.8) is 0 Å². The zero-order chi connectivity index (χ0) is 16.9. The molecule has 1 aromatic carbocycles. The second-order valence-electron chi connectivity index (χ2n) is 6.00. The molecular formula is C17H22N4O3. The van der Waals surface area contributed by atoms with Gasteiger partial charge in [0.15, 0.2) is 5.82 Å². The van der Waals surface area contributed by atoms with Crippen molar-refractivity contribution in [1.29, 1.82) is 0 Å². The maximum atomic E-state index is 12.4. The third kappa shape index (κ3) is 3.91. The van der Waals surface area contributed by atoms with Gasteiger partial charge >= 0.3 is 6.03 Å².